The molecule has 21 heavy (non-hydrogen) atoms. The van der Waals surface area contributed by atoms with Gasteiger partial charge in [0.05, 0.1) is 9.50 Å². The maximum Gasteiger partial charge on any atom is 0.150 e. The number of hydrogen-bond acceptors (Lipinski definition) is 2. The van der Waals surface area contributed by atoms with E-state index in [4.69, 9.17) is 11.6 Å². The van der Waals surface area contributed by atoms with Gasteiger partial charge < -0.3 is 10.2 Å². The molecule has 0 spiro atoms. The number of rotatable bonds is 2. The normalized spacial score (nSPS) is 11.7. The van der Waals surface area contributed by atoms with Gasteiger partial charge in [0.25, 0.3) is 0 Å². The fourth-order valence-corrected chi connectivity index (χ4v) is 4.92. The summed E-state index contributed by atoms with van der Waals surface area (Å²) in [5.41, 5.74) is 1.52. The average molecular weight is 499 g/mol. The molecule has 0 aromatic heterocycles. The van der Waals surface area contributed by atoms with E-state index in [0.29, 0.717) is 8.95 Å². The number of halogens is 4. The zero-order chi connectivity index (χ0) is 15.9. The third-order valence-electron chi connectivity index (χ3n) is 3.45. The topological polar surface area (TPSA) is 40.5 Å². The van der Waals surface area contributed by atoms with Gasteiger partial charge in [-0.3, -0.25) is 0 Å². The van der Waals surface area contributed by atoms with Crippen LogP contribution in [0.2, 0.25) is 5.02 Å². The number of phenols is 2. The molecular formula is C15H12Br3ClO2. The molecule has 0 amide bonds. The van der Waals surface area contributed by atoms with Crippen molar-refractivity contribution in [3.63, 3.8) is 0 Å². The predicted molar refractivity (Wildman–Crippen MR) is 96.5 cm³/mol. The van der Waals surface area contributed by atoms with Crippen molar-refractivity contribution < 1.29 is 10.2 Å². The summed E-state index contributed by atoms with van der Waals surface area (Å²) in [6.45, 7) is 4.09. The highest BCUT2D eigenvalue weighted by molar-refractivity contribution is 9.13. The minimum atomic E-state index is -0.398. The largest absolute Gasteiger partial charge is 0.508 e. The SMILES string of the molecule is CC(C)(c1ccc(O)cc1)c1c(Br)c(Cl)c(O)c(Br)c1Br. The van der Waals surface area contributed by atoms with Crippen LogP contribution in [0, 0.1) is 0 Å². The number of phenolic OH excluding ortho intramolecular Hbond substituents is 2. The summed E-state index contributed by atoms with van der Waals surface area (Å²) >= 11 is 16.5. The predicted octanol–water partition coefficient (Wildman–Crippen LogP) is 6.36. The molecule has 2 aromatic carbocycles. The highest BCUT2D eigenvalue weighted by Crippen LogP contribution is 2.51. The Morgan fingerprint density at radius 3 is 1.95 bits per heavy atom. The van der Waals surface area contributed by atoms with Crippen LogP contribution in [0.15, 0.2) is 37.7 Å². The Kier molecular flexibility index (Phi) is 4.98. The summed E-state index contributed by atoms with van der Waals surface area (Å²) in [7, 11) is 0. The molecule has 0 saturated carbocycles. The van der Waals surface area contributed by atoms with E-state index >= 15 is 0 Å². The highest BCUT2D eigenvalue weighted by Gasteiger charge is 2.31. The molecule has 0 radical (unpaired) electrons. The smallest absolute Gasteiger partial charge is 0.150 e. The molecule has 112 valence electrons. The minimum absolute atomic E-state index is 0.0133. The van der Waals surface area contributed by atoms with Crippen molar-refractivity contribution in [1.29, 1.82) is 0 Å². The van der Waals surface area contributed by atoms with Gasteiger partial charge in [-0.15, -0.1) is 0 Å². The van der Waals surface area contributed by atoms with Crippen LogP contribution in [0.25, 0.3) is 0 Å². The summed E-state index contributed by atoms with van der Waals surface area (Å²) in [6.07, 6.45) is 0. The lowest BCUT2D eigenvalue weighted by Gasteiger charge is -2.30. The Balaban J connectivity index is 2.73. The first-order valence-corrected chi connectivity index (χ1v) is 8.78. The van der Waals surface area contributed by atoms with Crippen LogP contribution in [0.4, 0.5) is 0 Å². The number of benzene rings is 2. The molecule has 0 atom stereocenters. The molecular weight excluding hydrogens is 487 g/mol. The summed E-state index contributed by atoms with van der Waals surface area (Å²) in [5.74, 6) is 0.207. The van der Waals surface area contributed by atoms with E-state index in [0.717, 1.165) is 15.6 Å². The zero-order valence-corrected chi connectivity index (χ0v) is 16.7. The summed E-state index contributed by atoms with van der Waals surface area (Å²) in [5, 5.41) is 19.7. The van der Waals surface area contributed by atoms with Crippen molar-refractivity contribution in [3.05, 3.63) is 53.8 Å². The molecule has 0 fully saturated rings. The zero-order valence-electron chi connectivity index (χ0n) is 11.2. The van der Waals surface area contributed by atoms with Gasteiger partial charge in [0.15, 0.2) is 5.75 Å². The Labute approximate surface area is 153 Å². The summed E-state index contributed by atoms with van der Waals surface area (Å²) in [4.78, 5) is 0. The molecule has 2 aromatic rings. The van der Waals surface area contributed by atoms with Crippen molar-refractivity contribution >= 4 is 59.4 Å². The maximum atomic E-state index is 9.99. The van der Waals surface area contributed by atoms with E-state index in [1.807, 2.05) is 26.0 Å². The van der Waals surface area contributed by atoms with E-state index in [2.05, 4.69) is 47.8 Å². The molecule has 2 nitrogen and oxygen atoms in total. The molecule has 0 aliphatic heterocycles. The van der Waals surface area contributed by atoms with Crippen LogP contribution in [-0.2, 0) is 5.41 Å². The van der Waals surface area contributed by atoms with Gasteiger partial charge in [-0.05, 0) is 71.0 Å². The first-order valence-electron chi connectivity index (χ1n) is 6.02. The molecule has 0 aliphatic carbocycles. The van der Waals surface area contributed by atoms with Gasteiger partial charge in [-0.25, -0.2) is 0 Å². The Bertz CT molecular complexity index is 668. The second kappa shape index (κ2) is 6.11. The fourth-order valence-electron chi connectivity index (χ4n) is 2.19. The Hall–Kier alpha value is -0.230. The molecule has 0 aliphatic rings. The molecule has 2 rings (SSSR count). The Morgan fingerprint density at radius 2 is 1.43 bits per heavy atom. The quantitative estimate of drug-likeness (QED) is 0.472. The fraction of sp³-hybridized carbons (Fsp3) is 0.200. The first-order chi connectivity index (χ1) is 9.67. The lowest BCUT2D eigenvalue weighted by atomic mass is 9.78. The lowest BCUT2D eigenvalue weighted by Crippen LogP contribution is -2.20. The molecule has 6 heteroatoms. The van der Waals surface area contributed by atoms with Crippen molar-refractivity contribution in [2.24, 2.45) is 0 Å². The van der Waals surface area contributed by atoms with Crippen LogP contribution in [-0.4, -0.2) is 10.2 Å². The van der Waals surface area contributed by atoms with Crippen LogP contribution >= 0.6 is 59.4 Å². The van der Waals surface area contributed by atoms with Gasteiger partial charge in [0.1, 0.15) is 5.75 Å². The van der Waals surface area contributed by atoms with Gasteiger partial charge in [0, 0.05) is 14.4 Å². The van der Waals surface area contributed by atoms with Crippen LogP contribution in [0.3, 0.4) is 0 Å². The van der Waals surface area contributed by atoms with E-state index in [9.17, 15) is 10.2 Å². The summed E-state index contributed by atoms with van der Waals surface area (Å²) < 4.78 is 1.88. The monoisotopic (exact) mass is 496 g/mol. The van der Waals surface area contributed by atoms with Crippen molar-refractivity contribution in [2.75, 3.05) is 0 Å². The van der Waals surface area contributed by atoms with Crippen LogP contribution < -0.4 is 0 Å². The number of aromatic hydroxyl groups is 2. The third kappa shape index (κ3) is 2.98. The third-order valence-corrected chi connectivity index (χ3v) is 6.94. The van der Waals surface area contributed by atoms with Gasteiger partial charge in [0.2, 0.25) is 0 Å². The van der Waals surface area contributed by atoms with Gasteiger partial charge >= 0.3 is 0 Å². The van der Waals surface area contributed by atoms with Crippen molar-refractivity contribution in [1.82, 2.24) is 0 Å². The number of hydrogen-bond donors (Lipinski definition) is 2. The molecule has 0 unspecified atom stereocenters. The van der Waals surface area contributed by atoms with Crippen LogP contribution in [0.1, 0.15) is 25.0 Å². The van der Waals surface area contributed by atoms with Gasteiger partial charge in [-0.2, -0.15) is 0 Å². The maximum absolute atomic E-state index is 9.99. The average Bonchev–Trinajstić information content (AvgIpc) is 2.43. The molecule has 0 heterocycles. The Morgan fingerprint density at radius 1 is 0.905 bits per heavy atom. The van der Waals surface area contributed by atoms with Crippen molar-refractivity contribution in [2.45, 2.75) is 19.3 Å². The van der Waals surface area contributed by atoms with E-state index < -0.39 is 5.41 Å². The van der Waals surface area contributed by atoms with Gasteiger partial charge in [-0.1, -0.05) is 37.6 Å². The molecule has 2 N–H and O–H groups in total. The second-order valence-corrected chi connectivity index (χ2v) is 7.91. The minimum Gasteiger partial charge on any atom is -0.508 e. The van der Waals surface area contributed by atoms with E-state index in [1.54, 1.807) is 12.1 Å². The first kappa shape index (κ1) is 17.1. The second-order valence-electron chi connectivity index (χ2n) is 5.15. The van der Waals surface area contributed by atoms with E-state index in [-0.39, 0.29) is 16.5 Å². The standard InChI is InChI=1S/C15H12Br3ClO2/c1-15(2,7-3-5-8(20)6-4-7)9-10(16)12(18)14(21)13(19)11(9)17/h3-6,20-21H,1-2H3. The molecule has 0 bridgehead atoms. The van der Waals surface area contributed by atoms with Crippen molar-refractivity contribution in [3.8, 4) is 11.5 Å². The van der Waals surface area contributed by atoms with E-state index in [1.165, 1.54) is 0 Å². The lowest BCUT2D eigenvalue weighted by molar-refractivity contribution is 0.470. The molecule has 0 saturated heterocycles. The van der Waals surface area contributed by atoms with Crippen LogP contribution in [0.5, 0.6) is 11.5 Å². The summed E-state index contributed by atoms with van der Waals surface area (Å²) in [6, 6.07) is 7.03. The highest BCUT2D eigenvalue weighted by atomic mass is 79.9.